The van der Waals surface area contributed by atoms with Crippen molar-refractivity contribution in [1.29, 1.82) is 0 Å². The maximum atomic E-state index is 12.8. The summed E-state index contributed by atoms with van der Waals surface area (Å²) < 4.78 is 33.7. The largest absolute Gasteiger partial charge is 0.492 e. The summed E-state index contributed by atoms with van der Waals surface area (Å²) in [6.45, 7) is 4.61. The van der Waals surface area contributed by atoms with Gasteiger partial charge in [-0.05, 0) is 61.9 Å². The van der Waals surface area contributed by atoms with E-state index in [1.807, 2.05) is 50.2 Å². The quantitative estimate of drug-likeness (QED) is 0.570. The average Bonchev–Trinajstić information content (AvgIpc) is 2.75. The Labute approximate surface area is 183 Å². The van der Waals surface area contributed by atoms with Crippen LogP contribution >= 0.6 is 0 Å². The highest BCUT2D eigenvalue weighted by molar-refractivity contribution is 7.92. The highest BCUT2D eigenvalue weighted by atomic mass is 32.2. The van der Waals surface area contributed by atoms with Gasteiger partial charge in [-0.15, -0.1) is 0 Å². The number of sulfonamides is 1. The minimum atomic E-state index is -3.81. The van der Waals surface area contributed by atoms with Gasteiger partial charge in [0.25, 0.3) is 15.9 Å². The Bertz CT molecular complexity index is 1160. The van der Waals surface area contributed by atoms with E-state index in [0.717, 1.165) is 16.9 Å². The Balaban J connectivity index is 1.65. The molecule has 0 aliphatic carbocycles. The minimum Gasteiger partial charge on any atom is -0.492 e. The molecule has 0 aliphatic rings. The fourth-order valence-electron chi connectivity index (χ4n) is 2.96. The monoisotopic (exact) mass is 438 g/mol. The number of carbonyl (C=O) groups excluding carboxylic acids is 1. The number of likely N-dealkylation sites (N-methyl/N-ethyl adjacent to an activating group) is 1. The summed E-state index contributed by atoms with van der Waals surface area (Å²) in [7, 11) is -2.15. The lowest BCUT2D eigenvalue weighted by Gasteiger charge is -2.18. The number of amides is 1. The van der Waals surface area contributed by atoms with Crippen molar-refractivity contribution >= 4 is 21.6 Å². The first-order valence-corrected chi connectivity index (χ1v) is 11.4. The van der Waals surface area contributed by atoms with E-state index in [0.29, 0.717) is 24.4 Å². The fraction of sp³-hybridized carbons (Fsp3) is 0.208. The number of ether oxygens (including phenoxy) is 1. The molecule has 0 bridgehead atoms. The SMILES string of the molecule is Cc1ccc(NS(=O)(=O)c2cccc(C(=O)N(C)CCOc3cccc(C)c3)c2)cc1. The maximum absolute atomic E-state index is 12.8. The molecule has 0 saturated carbocycles. The predicted molar refractivity (Wildman–Crippen MR) is 122 cm³/mol. The normalized spacial score (nSPS) is 11.1. The van der Waals surface area contributed by atoms with Gasteiger partial charge in [-0.2, -0.15) is 0 Å². The van der Waals surface area contributed by atoms with Crippen LogP contribution in [0.4, 0.5) is 5.69 Å². The van der Waals surface area contributed by atoms with Crippen LogP contribution in [0.15, 0.2) is 77.7 Å². The highest BCUT2D eigenvalue weighted by Crippen LogP contribution is 2.18. The molecule has 3 rings (SSSR count). The molecule has 162 valence electrons. The van der Waals surface area contributed by atoms with Crippen LogP contribution in [-0.2, 0) is 10.0 Å². The minimum absolute atomic E-state index is 0.0309. The summed E-state index contributed by atoms with van der Waals surface area (Å²) in [4.78, 5) is 14.3. The zero-order valence-corrected chi connectivity index (χ0v) is 18.6. The lowest BCUT2D eigenvalue weighted by Crippen LogP contribution is -2.31. The van der Waals surface area contributed by atoms with Gasteiger partial charge in [0, 0.05) is 18.3 Å². The van der Waals surface area contributed by atoms with Crippen molar-refractivity contribution in [1.82, 2.24) is 4.90 Å². The van der Waals surface area contributed by atoms with Crippen LogP contribution in [0.25, 0.3) is 0 Å². The Morgan fingerprint density at radius 1 is 0.935 bits per heavy atom. The van der Waals surface area contributed by atoms with Gasteiger partial charge in [-0.3, -0.25) is 9.52 Å². The molecule has 0 saturated heterocycles. The van der Waals surface area contributed by atoms with Crippen molar-refractivity contribution in [2.24, 2.45) is 0 Å². The number of carbonyl (C=O) groups is 1. The van der Waals surface area contributed by atoms with E-state index >= 15 is 0 Å². The van der Waals surface area contributed by atoms with Crippen LogP contribution in [0.2, 0.25) is 0 Å². The lowest BCUT2D eigenvalue weighted by molar-refractivity contribution is 0.0773. The fourth-order valence-corrected chi connectivity index (χ4v) is 4.06. The molecular weight excluding hydrogens is 412 g/mol. The lowest BCUT2D eigenvalue weighted by atomic mass is 10.2. The molecule has 6 nitrogen and oxygen atoms in total. The zero-order valence-electron chi connectivity index (χ0n) is 17.8. The topological polar surface area (TPSA) is 75.7 Å². The number of hydrogen-bond acceptors (Lipinski definition) is 4. The first-order valence-electron chi connectivity index (χ1n) is 9.89. The van der Waals surface area contributed by atoms with E-state index in [1.165, 1.54) is 17.0 Å². The second-order valence-corrected chi connectivity index (χ2v) is 9.07. The van der Waals surface area contributed by atoms with Crippen LogP contribution in [0.1, 0.15) is 21.5 Å². The standard InChI is InChI=1S/C24H26N2O4S/c1-18-10-12-21(13-11-18)25-31(28,29)23-9-5-7-20(17-23)24(27)26(3)14-15-30-22-8-4-6-19(2)16-22/h4-13,16-17,25H,14-15H2,1-3H3. The summed E-state index contributed by atoms with van der Waals surface area (Å²) in [5, 5.41) is 0. The van der Waals surface area contributed by atoms with Crippen LogP contribution < -0.4 is 9.46 Å². The van der Waals surface area contributed by atoms with E-state index in [-0.39, 0.29) is 10.8 Å². The number of nitrogens with zero attached hydrogens (tertiary/aromatic N) is 1. The van der Waals surface area contributed by atoms with E-state index in [9.17, 15) is 13.2 Å². The molecule has 0 spiro atoms. The van der Waals surface area contributed by atoms with Crippen molar-refractivity contribution in [3.05, 3.63) is 89.5 Å². The number of hydrogen-bond donors (Lipinski definition) is 1. The molecular formula is C24H26N2O4S. The van der Waals surface area contributed by atoms with Gasteiger partial charge in [0.1, 0.15) is 12.4 Å². The second-order valence-electron chi connectivity index (χ2n) is 7.39. The van der Waals surface area contributed by atoms with E-state index in [2.05, 4.69) is 4.72 Å². The molecule has 3 aromatic carbocycles. The Kier molecular flexibility index (Phi) is 6.97. The molecule has 3 aromatic rings. The number of aryl methyl sites for hydroxylation is 2. The maximum Gasteiger partial charge on any atom is 0.261 e. The molecule has 1 N–H and O–H groups in total. The van der Waals surface area contributed by atoms with Crippen LogP contribution in [0.3, 0.4) is 0 Å². The van der Waals surface area contributed by atoms with Crippen LogP contribution in [0.5, 0.6) is 5.75 Å². The molecule has 1 amide bonds. The zero-order chi connectivity index (χ0) is 22.4. The Morgan fingerprint density at radius 2 is 1.65 bits per heavy atom. The molecule has 0 atom stereocenters. The summed E-state index contributed by atoms with van der Waals surface area (Å²) in [6, 6.07) is 20.8. The smallest absolute Gasteiger partial charge is 0.261 e. The average molecular weight is 439 g/mol. The number of anilines is 1. The summed E-state index contributed by atoms with van der Waals surface area (Å²) >= 11 is 0. The summed E-state index contributed by atoms with van der Waals surface area (Å²) in [5.41, 5.74) is 2.89. The second kappa shape index (κ2) is 9.66. The van der Waals surface area contributed by atoms with Crippen LogP contribution in [-0.4, -0.2) is 39.4 Å². The van der Waals surface area contributed by atoms with Crippen molar-refractivity contribution in [2.45, 2.75) is 18.7 Å². The number of nitrogens with one attached hydrogen (secondary N) is 1. The molecule has 0 heterocycles. The van der Waals surface area contributed by atoms with E-state index in [4.69, 9.17) is 4.74 Å². The molecule has 7 heteroatoms. The van der Waals surface area contributed by atoms with Gasteiger partial charge in [0.2, 0.25) is 0 Å². The molecule has 0 aliphatic heterocycles. The van der Waals surface area contributed by atoms with Crippen LogP contribution in [0, 0.1) is 13.8 Å². The van der Waals surface area contributed by atoms with Crippen molar-refractivity contribution < 1.29 is 17.9 Å². The summed E-state index contributed by atoms with van der Waals surface area (Å²) in [6.07, 6.45) is 0. The van der Waals surface area contributed by atoms with E-state index < -0.39 is 10.0 Å². The Hall–Kier alpha value is -3.32. The molecule has 0 radical (unpaired) electrons. The third kappa shape index (κ3) is 6.08. The van der Waals surface area contributed by atoms with Gasteiger partial charge < -0.3 is 9.64 Å². The molecule has 0 aromatic heterocycles. The first-order chi connectivity index (χ1) is 14.7. The first kappa shape index (κ1) is 22.4. The van der Waals surface area contributed by atoms with Gasteiger partial charge in [-0.1, -0.05) is 35.9 Å². The molecule has 0 unspecified atom stereocenters. The van der Waals surface area contributed by atoms with Gasteiger partial charge in [-0.25, -0.2) is 8.42 Å². The van der Waals surface area contributed by atoms with Crippen molar-refractivity contribution in [2.75, 3.05) is 24.9 Å². The Morgan fingerprint density at radius 3 is 2.35 bits per heavy atom. The molecule has 31 heavy (non-hydrogen) atoms. The number of rotatable bonds is 8. The van der Waals surface area contributed by atoms with Crippen molar-refractivity contribution in [3.8, 4) is 5.75 Å². The highest BCUT2D eigenvalue weighted by Gasteiger charge is 2.18. The van der Waals surface area contributed by atoms with Gasteiger partial charge >= 0.3 is 0 Å². The van der Waals surface area contributed by atoms with Crippen molar-refractivity contribution in [3.63, 3.8) is 0 Å². The van der Waals surface area contributed by atoms with E-state index in [1.54, 1.807) is 31.3 Å². The number of benzene rings is 3. The molecule has 0 fully saturated rings. The van der Waals surface area contributed by atoms with Gasteiger partial charge in [0.05, 0.1) is 11.4 Å². The third-order valence-electron chi connectivity index (χ3n) is 4.73. The summed E-state index contributed by atoms with van der Waals surface area (Å²) in [5.74, 6) is 0.469. The third-order valence-corrected chi connectivity index (χ3v) is 6.11. The van der Waals surface area contributed by atoms with Gasteiger partial charge in [0.15, 0.2) is 0 Å². The predicted octanol–water partition coefficient (Wildman–Crippen LogP) is 4.26.